The number of hydrogen-bond acceptors (Lipinski definition) is 7. The van der Waals surface area contributed by atoms with Gasteiger partial charge in [-0.05, 0) is 26.0 Å². The summed E-state index contributed by atoms with van der Waals surface area (Å²) in [6.07, 6.45) is 1.56. The number of ether oxygens (including phenoxy) is 1. The summed E-state index contributed by atoms with van der Waals surface area (Å²) in [5.41, 5.74) is 1.80. The number of para-hydroxylation sites is 2. The van der Waals surface area contributed by atoms with Crippen LogP contribution in [0.25, 0.3) is 17.0 Å². The number of hydrogen-bond donors (Lipinski definition) is 1. The van der Waals surface area contributed by atoms with E-state index in [0.29, 0.717) is 25.0 Å². The predicted octanol–water partition coefficient (Wildman–Crippen LogP) is 2.27. The summed E-state index contributed by atoms with van der Waals surface area (Å²) in [4.78, 5) is 16.1. The lowest BCUT2D eigenvalue weighted by molar-refractivity contribution is 0.0985. The van der Waals surface area contributed by atoms with Crippen LogP contribution in [0.4, 0.5) is 11.6 Å². The molecule has 0 amide bonds. The molecule has 9 heteroatoms. The summed E-state index contributed by atoms with van der Waals surface area (Å²) in [7, 11) is -1.71. The quantitative estimate of drug-likeness (QED) is 0.695. The second-order valence-electron chi connectivity index (χ2n) is 6.55. The van der Waals surface area contributed by atoms with E-state index in [9.17, 15) is 4.21 Å². The third-order valence-electron chi connectivity index (χ3n) is 4.52. The molecule has 1 fully saturated rings. The van der Waals surface area contributed by atoms with Crippen LogP contribution in [-0.4, -0.2) is 55.8 Å². The molecule has 3 heterocycles. The summed E-state index contributed by atoms with van der Waals surface area (Å²) < 4.78 is 23.3. The van der Waals surface area contributed by atoms with Gasteiger partial charge in [0.15, 0.2) is 5.82 Å². The van der Waals surface area contributed by atoms with Gasteiger partial charge in [-0.1, -0.05) is 12.1 Å². The van der Waals surface area contributed by atoms with Crippen LogP contribution in [0, 0.1) is 6.92 Å². The number of morpholine rings is 1. The number of aryl methyl sites for hydroxylation is 1. The van der Waals surface area contributed by atoms with Crippen LogP contribution in [0.3, 0.4) is 0 Å². The van der Waals surface area contributed by atoms with E-state index in [1.165, 1.54) is 0 Å². The smallest absolute Gasteiger partial charge is 0.239 e. The molecule has 1 aromatic carbocycles. The van der Waals surface area contributed by atoms with E-state index in [1.807, 2.05) is 35.8 Å². The molecule has 0 spiro atoms. The van der Waals surface area contributed by atoms with Crippen molar-refractivity contribution >= 4 is 33.3 Å². The van der Waals surface area contributed by atoms with Crippen LogP contribution < -0.4 is 4.90 Å². The van der Waals surface area contributed by atoms with E-state index in [0.717, 1.165) is 29.2 Å². The Bertz CT molecular complexity index is 1070. The van der Waals surface area contributed by atoms with Crippen molar-refractivity contribution in [3.05, 3.63) is 36.2 Å². The van der Waals surface area contributed by atoms with Crippen molar-refractivity contribution in [2.45, 2.75) is 19.9 Å². The lowest BCUT2D eigenvalue weighted by Crippen LogP contribution is -2.44. The zero-order valence-corrected chi connectivity index (χ0v) is 16.4. The molecular formula is C18H22N6O2S. The van der Waals surface area contributed by atoms with E-state index in [1.54, 1.807) is 12.3 Å². The Morgan fingerprint density at radius 3 is 2.85 bits per heavy atom. The fraction of sp³-hybridized carbons (Fsp3) is 0.389. The van der Waals surface area contributed by atoms with Crippen molar-refractivity contribution in [2.75, 3.05) is 30.9 Å². The maximum Gasteiger partial charge on any atom is 0.239 e. The summed E-state index contributed by atoms with van der Waals surface area (Å²) in [6.45, 7) is 6.03. The molecule has 2 unspecified atom stereocenters. The monoisotopic (exact) mass is 386 g/mol. The first-order valence-electron chi connectivity index (χ1n) is 8.83. The summed E-state index contributed by atoms with van der Waals surface area (Å²) in [5, 5.41) is 0. The van der Waals surface area contributed by atoms with Crippen molar-refractivity contribution in [3.63, 3.8) is 0 Å². The standard InChI is InChI=1S/C18H22N6O2S/c1-12-11-26-9-8-23(12)17-10-16(22-27(3)25)20-18(21-17)24-13(2)19-14-6-4-5-7-15(14)24/h4-7,10,12,27H,8-9,11H2,1-3H3. The largest absolute Gasteiger partial charge is 0.377 e. The molecule has 4 rings (SSSR count). The highest BCUT2D eigenvalue weighted by Crippen LogP contribution is 2.26. The van der Waals surface area contributed by atoms with Crippen molar-refractivity contribution in [1.82, 2.24) is 19.5 Å². The lowest BCUT2D eigenvalue weighted by Gasteiger charge is -2.34. The summed E-state index contributed by atoms with van der Waals surface area (Å²) in [5.74, 6) is 2.43. The van der Waals surface area contributed by atoms with Gasteiger partial charge in [0.1, 0.15) is 11.6 Å². The number of benzene rings is 1. The Labute approximate surface area is 159 Å². The number of thiol groups is 1. The van der Waals surface area contributed by atoms with Gasteiger partial charge in [-0.15, -0.1) is 0 Å². The maximum atomic E-state index is 11.7. The molecule has 0 radical (unpaired) electrons. The van der Waals surface area contributed by atoms with Gasteiger partial charge in [-0.2, -0.15) is 14.3 Å². The van der Waals surface area contributed by atoms with Crippen molar-refractivity contribution in [1.29, 1.82) is 0 Å². The Morgan fingerprint density at radius 2 is 2.07 bits per heavy atom. The highest BCUT2D eigenvalue weighted by molar-refractivity contribution is 7.74. The van der Waals surface area contributed by atoms with Crippen molar-refractivity contribution < 1.29 is 8.95 Å². The van der Waals surface area contributed by atoms with Gasteiger partial charge in [0.2, 0.25) is 5.95 Å². The van der Waals surface area contributed by atoms with E-state index in [-0.39, 0.29) is 6.04 Å². The summed E-state index contributed by atoms with van der Waals surface area (Å²) in [6, 6.07) is 9.83. The van der Waals surface area contributed by atoms with Crippen LogP contribution in [-0.2, 0) is 15.3 Å². The van der Waals surface area contributed by atoms with Gasteiger partial charge >= 0.3 is 0 Å². The Hall–Kier alpha value is -2.52. The van der Waals surface area contributed by atoms with Gasteiger partial charge in [0, 0.05) is 29.5 Å². The first-order valence-corrected chi connectivity index (χ1v) is 10.5. The second kappa shape index (κ2) is 7.24. The van der Waals surface area contributed by atoms with Gasteiger partial charge < -0.3 is 9.64 Å². The van der Waals surface area contributed by atoms with Crippen LogP contribution in [0.5, 0.6) is 0 Å². The van der Waals surface area contributed by atoms with Gasteiger partial charge in [0.25, 0.3) is 0 Å². The number of anilines is 1. The lowest BCUT2D eigenvalue weighted by atomic mass is 10.2. The number of rotatable bonds is 3. The zero-order valence-electron chi connectivity index (χ0n) is 15.5. The average molecular weight is 386 g/mol. The molecular weight excluding hydrogens is 364 g/mol. The molecule has 2 aromatic heterocycles. The SMILES string of the molecule is Cc1nc2ccccc2n1-c1nc(/N=[SH](\C)=O)cc(N2CCOCC2C)n1. The second-order valence-corrected chi connectivity index (χ2v) is 7.68. The summed E-state index contributed by atoms with van der Waals surface area (Å²) >= 11 is 0. The molecule has 1 aliphatic heterocycles. The predicted molar refractivity (Wildman–Crippen MR) is 107 cm³/mol. The van der Waals surface area contributed by atoms with E-state index < -0.39 is 10.6 Å². The number of imidazole rings is 1. The number of aromatic nitrogens is 4. The molecule has 0 N–H and O–H groups in total. The minimum absolute atomic E-state index is 0.186. The average Bonchev–Trinajstić information content (AvgIpc) is 2.97. The molecule has 1 aliphatic rings. The normalized spacial score (nSPS) is 18.9. The molecule has 0 saturated carbocycles. The molecule has 27 heavy (non-hydrogen) atoms. The Kier molecular flexibility index (Phi) is 4.79. The Balaban J connectivity index is 1.91. The third-order valence-corrected chi connectivity index (χ3v) is 5.01. The molecule has 2 atom stereocenters. The highest BCUT2D eigenvalue weighted by Gasteiger charge is 2.22. The molecule has 0 bridgehead atoms. The van der Waals surface area contributed by atoms with E-state index in [4.69, 9.17) is 9.72 Å². The third kappa shape index (κ3) is 3.52. The molecule has 3 aromatic rings. The molecule has 0 aliphatic carbocycles. The highest BCUT2D eigenvalue weighted by atomic mass is 32.2. The van der Waals surface area contributed by atoms with Crippen molar-refractivity contribution in [2.24, 2.45) is 4.36 Å². The van der Waals surface area contributed by atoms with Crippen LogP contribution in [0.2, 0.25) is 0 Å². The molecule has 8 nitrogen and oxygen atoms in total. The Morgan fingerprint density at radius 1 is 1.26 bits per heavy atom. The first-order chi connectivity index (χ1) is 13.0. The fourth-order valence-electron chi connectivity index (χ4n) is 3.32. The van der Waals surface area contributed by atoms with Gasteiger partial charge in [-0.3, -0.25) is 8.78 Å². The van der Waals surface area contributed by atoms with E-state index in [2.05, 4.69) is 26.2 Å². The van der Waals surface area contributed by atoms with Crippen LogP contribution in [0.15, 0.2) is 34.7 Å². The molecule has 142 valence electrons. The van der Waals surface area contributed by atoms with Crippen LogP contribution in [0.1, 0.15) is 12.7 Å². The number of fused-ring (bicyclic) bond motifs is 1. The minimum Gasteiger partial charge on any atom is -0.377 e. The van der Waals surface area contributed by atoms with E-state index >= 15 is 0 Å². The first kappa shape index (κ1) is 17.9. The van der Waals surface area contributed by atoms with Crippen molar-refractivity contribution in [3.8, 4) is 5.95 Å². The minimum atomic E-state index is -1.71. The van der Waals surface area contributed by atoms with Gasteiger partial charge in [-0.25, -0.2) is 4.98 Å². The zero-order chi connectivity index (χ0) is 19.0. The number of nitrogens with zero attached hydrogens (tertiary/aromatic N) is 6. The van der Waals surface area contributed by atoms with Gasteiger partial charge in [0.05, 0.1) is 30.3 Å². The van der Waals surface area contributed by atoms with Crippen LogP contribution >= 0.6 is 0 Å². The topological polar surface area (TPSA) is 85.5 Å². The maximum absolute atomic E-state index is 11.7. The molecule has 1 saturated heterocycles. The fourth-order valence-corrected chi connectivity index (χ4v) is 3.71.